The highest BCUT2D eigenvalue weighted by Gasteiger charge is 2.39. The van der Waals surface area contributed by atoms with Crippen LogP contribution in [0.25, 0.3) is 11.3 Å². The normalized spacial score (nSPS) is 21.3. The van der Waals surface area contributed by atoms with Crippen molar-refractivity contribution in [3.63, 3.8) is 0 Å². The zero-order valence-electron chi connectivity index (χ0n) is 22.8. The van der Waals surface area contributed by atoms with Crippen molar-refractivity contribution in [1.29, 1.82) is 0 Å². The molecule has 0 saturated carbocycles. The summed E-state index contributed by atoms with van der Waals surface area (Å²) in [5.74, 6) is 0.979. The highest BCUT2D eigenvalue weighted by molar-refractivity contribution is 6.03. The van der Waals surface area contributed by atoms with Gasteiger partial charge >= 0.3 is 6.03 Å². The van der Waals surface area contributed by atoms with Crippen LogP contribution in [0.4, 0.5) is 22.2 Å². The van der Waals surface area contributed by atoms with Crippen molar-refractivity contribution in [3.8, 4) is 17.1 Å². The predicted octanol–water partition coefficient (Wildman–Crippen LogP) is 3.58. The molecule has 2 atom stereocenters. The van der Waals surface area contributed by atoms with Gasteiger partial charge in [0.2, 0.25) is 11.8 Å². The molecule has 3 aromatic rings. The van der Waals surface area contributed by atoms with E-state index >= 15 is 0 Å². The molecule has 0 radical (unpaired) electrons. The second-order valence-electron chi connectivity index (χ2n) is 10.8. The third kappa shape index (κ3) is 5.26. The van der Waals surface area contributed by atoms with Crippen LogP contribution in [-0.4, -0.2) is 80.8 Å². The summed E-state index contributed by atoms with van der Waals surface area (Å²) >= 11 is 0. The molecule has 0 spiro atoms. The number of carbonyl (C=O) groups is 2. The minimum absolute atomic E-state index is 0.151. The van der Waals surface area contributed by atoms with Gasteiger partial charge in [0.1, 0.15) is 11.2 Å². The zero-order valence-corrected chi connectivity index (χ0v) is 22.8. The molecule has 5 heterocycles. The molecule has 2 bridgehead atoms. The van der Waals surface area contributed by atoms with Crippen molar-refractivity contribution >= 4 is 29.4 Å². The van der Waals surface area contributed by atoms with Crippen LogP contribution in [0.2, 0.25) is 0 Å². The molecular weight excluding hydrogens is 512 g/mol. The fourth-order valence-electron chi connectivity index (χ4n) is 5.42. The Labute approximate surface area is 232 Å². The first-order valence-corrected chi connectivity index (χ1v) is 13.5. The highest BCUT2D eigenvalue weighted by atomic mass is 16.5. The van der Waals surface area contributed by atoms with Crippen molar-refractivity contribution in [1.82, 2.24) is 24.8 Å². The maximum atomic E-state index is 13.8. The van der Waals surface area contributed by atoms with E-state index in [9.17, 15) is 9.59 Å². The van der Waals surface area contributed by atoms with E-state index < -0.39 is 11.6 Å². The Morgan fingerprint density at radius 1 is 1.07 bits per heavy atom. The van der Waals surface area contributed by atoms with Gasteiger partial charge in [-0.05, 0) is 45.7 Å². The SMILES string of the molecule is CCN1CC(C)(C)Oc2nc(N3CC4CCC(C3)O4)nc(-c3ccc(NC(=O)Nc4cnccn4)cc3)c2C1=O. The van der Waals surface area contributed by atoms with Crippen LogP contribution in [0.1, 0.15) is 44.0 Å². The van der Waals surface area contributed by atoms with Crippen LogP contribution in [0.5, 0.6) is 5.88 Å². The number of nitrogens with one attached hydrogen (secondary N) is 2. The van der Waals surface area contributed by atoms with Crippen molar-refractivity contribution in [2.24, 2.45) is 0 Å². The lowest BCUT2D eigenvalue weighted by Gasteiger charge is -2.33. The first-order valence-electron chi connectivity index (χ1n) is 13.5. The molecule has 2 fully saturated rings. The van der Waals surface area contributed by atoms with Gasteiger partial charge in [0.15, 0.2) is 5.82 Å². The summed E-state index contributed by atoms with van der Waals surface area (Å²) in [5, 5.41) is 5.42. The van der Waals surface area contributed by atoms with Crippen LogP contribution in [0.15, 0.2) is 42.9 Å². The van der Waals surface area contributed by atoms with Gasteiger partial charge in [-0.3, -0.25) is 15.1 Å². The van der Waals surface area contributed by atoms with E-state index in [1.807, 2.05) is 32.9 Å². The van der Waals surface area contributed by atoms with Gasteiger partial charge in [-0.25, -0.2) is 14.8 Å². The van der Waals surface area contributed by atoms with Crippen molar-refractivity contribution in [2.75, 3.05) is 41.7 Å². The first-order chi connectivity index (χ1) is 19.3. The van der Waals surface area contributed by atoms with E-state index in [4.69, 9.17) is 19.4 Å². The number of likely N-dealkylation sites (N-methyl/N-ethyl adjacent to an activating group) is 1. The minimum atomic E-state index is -0.631. The summed E-state index contributed by atoms with van der Waals surface area (Å²) < 4.78 is 12.4. The molecule has 2 aromatic heterocycles. The second kappa shape index (κ2) is 10.3. The Morgan fingerprint density at radius 2 is 1.82 bits per heavy atom. The molecule has 1 aromatic carbocycles. The Kier molecular flexibility index (Phi) is 6.70. The molecule has 6 rings (SSSR count). The lowest BCUT2D eigenvalue weighted by Crippen LogP contribution is -2.43. The number of aromatic nitrogens is 4. The topological polar surface area (TPSA) is 135 Å². The summed E-state index contributed by atoms with van der Waals surface area (Å²) in [6, 6.07) is 6.73. The first kappa shape index (κ1) is 25.9. The number of rotatable bonds is 5. The average Bonchev–Trinajstić information content (AvgIpc) is 3.23. The lowest BCUT2D eigenvalue weighted by molar-refractivity contribution is 0.0297. The van der Waals surface area contributed by atoms with E-state index in [0.29, 0.717) is 60.5 Å². The molecule has 0 aliphatic carbocycles. The summed E-state index contributed by atoms with van der Waals surface area (Å²) in [7, 11) is 0. The molecule has 2 N–H and O–H groups in total. The third-order valence-corrected chi connectivity index (χ3v) is 7.24. The van der Waals surface area contributed by atoms with Gasteiger partial charge in [0, 0.05) is 43.3 Å². The summed E-state index contributed by atoms with van der Waals surface area (Å²) in [6.07, 6.45) is 6.82. The number of benzene rings is 1. The van der Waals surface area contributed by atoms with Crippen LogP contribution in [-0.2, 0) is 4.74 Å². The monoisotopic (exact) mass is 544 g/mol. The Balaban J connectivity index is 1.35. The number of fused-ring (bicyclic) bond motifs is 3. The van der Waals surface area contributed by atoms with E-state index in [1.54, 1.807) is 17.0 Å². The predicted molar refractivity (Wildman–Crippen MR) is 149 cm³/mol. The van der Waals surface area contributed by atoms with Crippen molar-refractivity contribution in [2.45, 2.75) is 51.4 Å². The van der Waals surface area contributed by atoms with Crippen molar-refractivity contribution < 1.29 is 19.1 Å². The molecule has 208 valence electrons. The third-order valence-electron chi connectivity index (χ3n) is 7.24. The van der Waals surface area contributed by atoms with Crippen LogP contribution < -0.4 is 20.3 Å². The summed E-state index contributed by atoms with van der Waals surface area (Å²) in [5.41, 5.74) is 1.48. The van der Waals surface area contributed by atoms with Gasteiger partial charge in [-0.2, -0.15) is 4.98 Å². The maximum absolute atomic E-state index is 13.8. The Morgan fingerprint density at radius 3 is 2.50 bits per heavy atom. The standard InChI is InChI=1S/C28H32N8O4/c1-4-35-16-28(2,3)40-24-22(25(35)37)23(33-26(34-24)36-14-19-9-10-20(15-36)39-19)17-5-7-18(8-6-17)31-27(38)32-21-13-29-11-12-30-21/h5-8,11-13,19-20H,4,9-10,14-16H2,1-3H3,(H2,30,31,32,38). The number of ether oxygens (including phenoxy) is 2. The fraction of sp³-hybridized carbons (Fsp3) is 0.429. The number of nitrogens with zero attached hydrogens (tertiary/aromatic N) is 6. The van der Waals surface area contributed by atoms with Crippen molar-refractivity contribution in [3.05, 3.63) is 48.4 Å². The van der Waals surface area contributed by atoms with E-state index in [2.05, 4.69) is 25.5 Å². The zero-order chi connectivity index (χ0) is 27.9. The van der Waals surface area contributed by atoms with Crippen LogP contribution in [0, 0.1) is 0 Å². The average molecular weight is 545 g/mol. The number of urea groups is 1. The maximum Gasteiger partial charge on any atom is 0.324 e. The van der Waals surface area contributed by atoms with Gasteiger partial charge in [-0.15, -0.1) is 0 Å². The molecule has 12 nitrogen and oxygen atoms in total. The van der Waals surface area contributed by atoms with E-state index in [-0.39, 0.29) is 24.0 Å². The largest absolute Gasteiger partial charge is 0.469 e. The summed E-state index contributed by atoms with van der Waals surface area (Å²) in [4.78, 5) is 47.9. The number of hydrogen-bond acceptors (Lipinski definition) is 9. The summed E-state index contributed by atoms with van der Waals surface area (Å²) in [6.45, 7) is 8.21. The molecule has 12 heteroatoms. The molecule has 3 aliphatic rings. The molecule has 2 unspecified atom stereocenters. The molecule has 3 amide bonds. The Hall–Kier alpha value is -4.32. The smallest absolute Gasteiger partial charge is 0.324 e. The number of hydrogen-bond donors (Lipinski definition) is 2. The lowest BCUT2D eigenvalue weighted by atomic mass is 10.0. The van der Waals surface area contributed by atoms with Gasteiger partial charge in [-0.1, -0.05) is 12.1 Å². The quantitative estimate of drug-likeness (QED) is 0.494. The van der Waals surface area contributed by atoms with Crippen LogP contribution >= 0.6 is 0 Å². The number of carbonyl (C=O) groups excluding carboxylic acids is 2. The molecule has 40 heavy (non-hydrogen) atoms. The van der Waals surface area contributed by atoms with Gasteiger partial charge in [0.25, 0.3) is 5.91 Å². The van der Waals surface area contributed by atoms with Gasteiger partial charge in [0.05, 0.1) is 30.6 Å². The minimum Gasteiger partial charge on any atom is -0.469 e. The second-order valence-corrected chi connectivity index (χ2v) is 10.8. The van der Waals surface area contributed by atoms with E-state index in [1.165, 1.54) is 18.6 Å². The number of anilines is 3. The molecule has 2 saturated heterocycles. The van der Waals surface area contributed by atoms with Gasteiger partial charge < -0.3 is 24.6 Å². The number of amides is 3. The number of morpholine rings is 1. The Bertz CT molecular complexity index is 1400. The highest BCUT2D eigenvalue weighted by Crippen LogP contribution is 2.37. The van der Waals surface area contributed by atoms with E-state index in [0.717, 1.165) is 12.8 Å². The van der Waals surface area contributed by atoms with Crippen LogP contribution in [0.3, 0.4) is 0 Å². The fourth-order valence-corrected chi connectivity index (χ4v) is 5.42. The molecule has 3 aliphatic heterocycles. The molecular formula is C28H32N8O4.